The third-order valence-corrected chi connectivity index (χ3v) is 6.06. The summed E-state index contributed by atoms with van der Waals surface area (Å²) in [5.41, 5.74) is 4.07. The predicted molar refractivity (Wildman–Crippen MR) is 113 cm³/mol. The Hall–Kier alpha value is -1.99. The second kappa shape index (κ2) is 9.28. The molecule has 0 fully saturated rings. The molecule has 0 radical (unpaired) electrons. The maximum atomic E-state index is 12.1. The normalized spacial score (nSPS) is 11.1. The van der Waals surface area contributed by atoms with Crippen LogP contribution in [-0.4, -0.2) is 33.7 Å². The number of para-hydroxylation sites is 1. The first-order chi connectivity index (χ1) is 13.1. The fraction of sp³-hybridized carbons (Fsp3) is 0.400. The van der Waals surface area contributed by atoms with E-state index in [1.165, 1.54) is 16.5 Å². The first kappa shape index (κ1) is 19.8. The van der Waals surface area contributed by atoms with Crippen molar-refractivity contribution >= 4 is 39.2 Å². The monoisotopic (exact) mass is 400 g/mol. The van der Waals surface area contributed by atoms with Gasteiger partial charge < -0.3 is 5.32 Å². The SMILES string of the molecule is CSc1nc(C)c(CCC(=O)NCCCc2nc3ccccc3s2)c(C)n1. The highest BCUT2D eigenvalue weighted by atomic mass is 32.2. The molecule has 0 unspecified atom stereocenters. The van der Waals surface area contributed by atoms with E-state index < -0.39 is 0 Å². The number of fused-ring (bicyclic) bond motifs is 1. The van der Waals surface area contributed by atoms with Crippen molar-refractivity contribution in [3.8, 4) is 0 Å². The topological polar surface area (TPSA) is 67.8 Å². The van der Waals surface area contributed by atoms with Crippen molar-refractivity contribution in [1.82, 2.24) is 20.3 Å². The first-order valence-corrected chi connectivity index (χ1v) is 11.1. The van der Waals surface area contributed by atoms with Gasteiger partial charge >= 0.3 is 0 Å². The van der Waals surface area contributed by atoms with E-state index in [1.54, 1.807) is 11.3 Å². The van der Waals surface area contributed by atoms with E-state index in [0.717, 1.165) is 45.5 Å². The van der Waals surface area contributed by atoms with E-state index in [0.29, 0.717) is 19.4 Å². The zero-order valence-corrected chi connectivity index (χ0v) is 17.5. The summed E-state index contributed by atoms with van der Waals surface area (Å²) in [4.78, 5) is 25.7. The van der Waals surface area contributed by atoms with E-state index in [4.69, 9.17) is 0 Å². The van der Waals surface area contributed by atoms with Crippen molar-refractivity contribution in [2.45, 2.75) is 44.7 Å². The number of carbonyl (C=O) groups is 1. The minimum absolute atomic E-state index is 0.0760. The molecule has 2 heterocycles. The highest BCUT2D eigenvalue weighted by Crippen LogP contribution is 2.22. The Morgan fingerprint density at radius 2 is 1.85 bits per heavy atom. The largest absolute Gasteiger partial charge is 0.356 e. The van der Waals surface area contributed by atoms with E-state index >= 15 is 0 Å². The highest BCUT2D eigenvalue weighted by molar-refractivity contribution is 7.98. The number of thiazole rings is 1. The number of benzene rings is 1. The van der Waals surface area contributed by atoms with Crippen LogP contribution < -0.4 is 5.32 Å². The molecule has 0 spiro atoms. The van der Waals surface area contributed by atoms with E-state index in [9.17, 15) is 4.79 Å². The molecular weight excluding hydrogens is 376 g/mol. The molecule has 0 aliphatic heterocycles. The number of carbonyl (C=O) groups excluding carboxylic acids is 1. The molecule has 2 aromatic heterocycles. The number of hydrogen-bond donors (Lipinski definition) is 1. The van der Waals surface area contributed by atoms with Gasteiger partial charge in [0.1, 0.15) is 0 Å². The molecule has 3 aromatic rings. The molecule has 0 aliphatic rings. The lowest BCUT2D eigenvalue weighted by molar-refractivity contribution is -0.121. The van der Waals surface area contributed by atoms with Gasteiger partial charge in [-0.1, -0.05) is 23.9 Å². The third kappa shape index (κ3) is 5.26. The van der Waals surface area contributed by atoms with Crippen LogP contribution >= 0.6 is 23.1 Å². The van der Waals surface area contributed by atoms with Gasteiger partial charge in [-0.3, -0.25) is 4.79 Å². The van der Waals surface area contributed by atoms with Gasteiger partial charge in [0, 0.05) is 30.8 Å². The van der Waals surface area contributed by atoms with Crippen LogP contribution in [0.3, 0.4) is 0 Å². The molecule has 5 nitrogen and oxygen atoms in total. The first-order valence-electron chi connectivity index (χ1n) is 9.06. The minimum Gasteiger partial charge on any atom is -0.356 e. The summed E-state index contributed by atoms with van der Waals surface area (Å²) in [6.45, 7) is 4.65. The van der Waals surface area contributed by atoms with Gasteiger partial charge in [0.2, 0.25) is 5.91 Å². The number of nitrogens with one attached hydrogen (secondary N) is 1. The quantitative estimate of drug-likeness (QED) is 0.350. The fourth-order valence-electron chi connectivity index (χ4n) is 2.98. The van der Waals surface area contributed by atoms with Crippen LogP contribution in [0.5, 0.6) is 0 Å². The summed E-state index contributed by atoms with van der Waals surface area (Å²) >= 11 is 3.27. The molecule has 3 rings (SSSR count). The standard InChI is InChI=1S/C20H24N4OS2/c1-13-15(14(2)23-20(22-13)26-3)10-11-18(25)21-12-6-9-19-24-16-7-4-5-8-17(16)27-19/h4-5,7-8H,6,9-12H2,1-3H3,(H,21,25). The fourth-order valence-corrected chi connectivity index (χ4v) is 4.45. The van der Waals surface area contributed by atoms with Gasteiger partial charge in [-0.05, 0) is 50.6 Å². The van der Waals surface area contributed by atoms with E-state index in [-0.39, 0.29) is 5.91 Å². The molecule has 0 aliphatic carbocycles. The number of amides is 1. The number of aryl methyl sites for hydroxylation is 3. The smallest absolute Gasteiger partial charge is 0.220 e. The summed E-state index contributed by atoms with van der Waals surface area (Å²) in [6.07, 6.45) is 4.90. The Balaban J connectivity index is 1.42. The van der Waals surface area contributed by atoms with Crippen molar-refractivity contribution in [1.29, 1.82) is 0 Å². The Bertz CT molecular complexity index is 883. The average Bonchev–Trinajstić information content (AvgIpc) is 3.07. The van der Waals surface area contributed by atoms with Crippen molar-refractivity contribution in [3.05, 3.63) is 46.2 Å². The molecule has 1 amide bonds. The van der Waals surface area contributed by atoms with Crippen LogP contribution in [0.2, 0.25) is 0 Å². The molecule has 0 saturated heterocycles. The van der Waals surface area contributed by atoms with Crippen molar-refractivity contribution in [2.75, 3.05) is 12.8 Å². The van der Waals surface area contributed by atoms with Crippen molar-refractivity contribution in [3.63, 3.8) is 0 Å². The molecule has 0 atom stereocenters. The predicted octanol–water partition coefficient (Wildman–Crippen LogP) is 4.11. The Labute approximate surface area is 168 Å². The minimum atomic E-state index is 0.0760. The van der Waals surface area contributed by atoms with Crippen molar-refractivity contribution < 1.29 is 4.79 Å². The Morgan fingerprint density at radius 3 is 2.56 bits per heavy atom. The zero-order valence-electron chi connectivity index (χ0n) is 15.9. The summed E-state index contributed by atoms with van der Waals surface area (Å²) < 4.78 is 1.22. The lowest BCUT2D eigenvalue weighted by atomic mass is 10.1. The van der Waals surface area contributed by atoms with Gasteiger partial charge in [0.05, 0.1) is 15.2 Å². The molecular formula is C20H24N4OS2. The maximum Gasteiger partial charge on any atom is 0.220 e. The van der Waals surface area contributed by atoms with Crippen LogP contribution in [0, 0.1) is 13.8 Å². The summed E-state index contributed by atoms with van der Waals surface area (Å²) in [5, 5.41) is 4.92. The highest BCUT2D eigenvalue weighted by Gasteiger charge is 2.10. The van der Waals surface area contributed by atoms with Gasteiger partial charge in [-0.25, -0.2) is 15.0 Å². The number of thioether (sulfide) groups is 1. The summed E-state index contributed by atoms with van der Waals surface area (Å²) in [7, 11) is 0. The molecule has 7 heteroatoms. The van der Waals surface area contributed by atoms with Gasteiger partial charge in [0.25, 0.3) is 0 Å². The zero-order chi connectivity index (χ0) is 19.2. The van der Waals surface area contributed by atoms with Crippen LogP contribution in [0.25, 0.3) is 10.2 Å². The van der Waals surface area contributed by atoms with Crippen LogP contribution in [0.1, 0.15) is 34.8 Å². The molecule has 0 bridgehead atoms. The lowest BCUT2D eigenvalue weighted by Crippen LogP contribution is -2.25. The second-order valence-corrected chi connectivity index (χ2v) is 8.28. The van der Waals surface area contributed by atoms with Gasteiger partial charge in [0.15, 0.2) is 5.16 Å². The Morgan fingerprint density at radius 1 is 1.11 bits per heavy atom. The number of hydrogen-bond acceptors (Lipinski definition) is 6. The molecule has 142 valence electrons. The lowest BCUT2D eigenvalue weighted by Gasteiger charge is -2.10. The molecule has 0 saturated carbocycles. The third-order valence-electron chi connectivity index (χ3n) is 4.41. The van der Waals surface area contributed by atoms with E-state index in [1.807, 2.05) is 38.3 Å². The van der Waals surface area contributed by atoms with Crippen molar-refractivity contribution in [2.24, 2.45) is 0 Å². The van der Waals surface area contributed by atoms with Crippen LogP contribution in [0.15, 0.2) is 29.4 Å². The number of aromatic nitrogens is 3. The van der Waals surface area contributed by atoms with Gasteiger partial charge in [-0.2, -0.15) is 0 Å². The maximum absolute atomic E-state index is 12.1. The number of rotatable bonds is 8. The molecule has 27 heavy (non-hydrogen) atoms. The van der Waals surface area contributed by atoms with Crippen LogP contribution in [0.4, 0.5) is 0 Å². The molecule has 1 N–H and O–H groups in total. The second-order valence-electron chi connectivity index (χ2n) is 6.39. The summed E-state index contributed by atoms with van der Waals surface area (Å²) in [6, 6.07) is 8.18. The van der Waals surface area contributed by atoms with E-state index in [2.05, 4.69) is 26.3 Å². The summed E-state index contributed by atoms with van der Waals surface area (Å²) in [5.74, 6) is 0.0760. The average molecular weight is 401 g/mol. The molecule has 1 aromatic carbocycles. The van der Waals surface area contributed by atoms with Gasteiger partial charge in [-0.15, -0.1) is 11.3 Å². The Kier molecular flexibility index (Phi) is 6.79. The van der Waals surface area contributed by atoms with Crippen LogP contribution in [-0.2, 0) is 17.6 Å². The number of nitrogens with zero attached hydrogens (tertiary/aromatic N) is 3.